The van der Waals surface area contributed by atoms with Crippen molar-refractivity contribution in [2.75, 3.05) is 0 Å². The molecule has 0 saturated heterocycles. The summed E-state index contributed by atoms with van der Waals surface area (Å²) in [7, 11) is 0. The largest absolute Gasteiger partial charge is 0.484 e. The molecule has 0 bridgehead atoms. The third kappa shape index (κ3) is 4.57. The molecule has 0 aliphatic heterocycles. The van der Waals surface area contributed by atoms with Crippen molar-refractivity contribution < 1.29 is 4.74 Å². The van der Waals surface area contributed by atoms with Crippen molar-refractivity contribution in [2.24, 2.45) is 0 Å². The van der Waals surface area contributed by atoms with E-state index in [4.69, 9.17) is 4.74 Å². The zero-order chi connectivity index (χ0) is 15.7. The molecule has 2 aromatic rings. The molecule has 0 amide bonds. The molecule has 1 nitrogen and oxygen atoms in total. The highest BCUT2D eigenvalue weighted by Crippen LogP contribution is 2.40. The van der Waals surface area contributed by atoms with Crippen molar-refractivity contribution in [1.29, 1.82) is 0 Å². The highest BCUT2D eigenvalue weighted by Gasteiger charge is 2.17. The molecule has 2 rings (SSSR count). The van der Waals surface area contributed by atoms with Gasteiger partial charge in [0.05, 0.1) is 8.95 Å². The Balaban J connectivity index is 2.35. The maximum atomic E-state index is 6.11. The molecule has 7 heteroatoms. The van der Waals surface area contributed by atoms with E-state index in [1.165, 1.54) is 0 Å². The minimum atomic E-state index is -0.113. The number of hydrogen-bond acceptors (Lipinski definition) is 1. The third-order valence-electron chi connectivity index (χ3n) is 2.74. The molecular weight excluding hydrogens is 664 g/mol. The Morgan fingerprint density at radius 3 is 1.81 bits per heavy atom. The van der Waals surface area contributed by atoms with Crippen LogP contribution in [0.5, 0.6) is 5.75 Å². The van der Waals surface area contributed by atoms with Gasteiger partial charge in [0.2, 0.25) is 0 Å². The second kappa shape index (κ2) is 7.79. The van der Waals surface area contributed by atoms with E-state index in [0.29, 0.717) is 0 Å². The van der Waals surface area contributed by atoms with Gasteiger partial charge < -0.3 is 4.74 Å². The van der Waals surface area contributed by atoms with Gasteiger partial charge in [0.1, 0.15) is 11.9 Å². The standard InChI is InChI=1S/C14H8Br6O/c1-6(8-4-10(17)11(18)5-9(8)16)21-14-12(19)2-7(15)3-13(14)20/h2-6H,1H3. The Bertz CT molecular complexity index is 662. The van der Waals surface area contributed by atoms with E-state index in [0.717, 1.165) is 38.1 Å². The summed E-state index contributed by atoms with van der Waals surface area (Å²) < 4.78 is 11.9. The summed E-state index contributed by atoms with van der Waals surface area (Å²) in [4.78, 5) is 0. The van der Waals surface area contributed by atoms with Crippen LogP contribution in [0.3, 0.4) is 0 Å². The average molecular weight is 672 g/mol. The third-order valence-corrected chi connectivity index (χ3v) is 6.90. The van der Waals surface area contributed by atoms with Gasteiger partial charge in [0.25, 0.3) is 0 Å². The van der Waals surface area contributed by atoms with Crippen molar-refractivity contribution >= 4 is 95.6 Å². The number of rotatable bonds is 3. The fraction of sp³-hybridized carbons (Fsp3) is 0.143. The van der Waals surface area contributed by atoms with Crippen LogP contribution in [0.25, 0.3) is 0 Å². The molecule has 0 spiro atoms. The van der Waals surface area contributed by atoms with Crippen molar-refractivity contribution in [2.45, 2.75) is 13.0 Å². The number of ether oxygens (including phenoxy) is 1. The van der Waals surface area contributed by atoms with Gasteiger partial charge in [-0.3, -0.25) is 0 Å². The predicted molar refractivity (Wildman–Crippen MR) is 108 cm³/mol. The highest BCUT2D eigenvalue weighted by molar-refractivity contribution is 9.13. The van der Waals surface area contributed by atoms with Gasteiger partial charge in [0.15, 0.2) is 0 Å². The van der Waals surface area contributed by atoms with E-state index < -0.39 is 0 Å². The van der Waals surface area contributed by atoms with E-state index in [2.05, 4.69) is 95.6 Å². The molecule has 0 heterocycles. The first-order valence-electron chi connectivity index (χ1n) is 5.75. The van der Waals surface area contributed by atoms with E-state index in [-0.39, 0.29) is 6.10 Å². The minimum Gasteiger partial charge on any atom is -0.484 e. The number of benzene rings is 2. The maximum absolute atomic E-state index is 6.11. The zero-order valence-corrected chi connectivity index (χ0v) is 20.1. The molecule has 0 radical (unpaired) electrons. The Hall–Kier alpha value is 1.12. The predicted octanol–water partition coefficient (Wildman–Crippen LogP) is 8.40. The summed E-state index contributed by atoms with van der Waals surface area (Å²) in [5.41, 5.74) is 1.06. The van der Waals surface area contributed by atoms with Gasteiger partial charge in [-0.05, 0) is 94.9 Å². The van der Waals surface area contributed by atoms with Crippen LogP contribution in [0.15, 0.2) is 51.1 Å². The van der Waals surface area contributed by atoms with Crippen LogP contribution in [0.4, 0.5) is 0 Å². The normalized spacial score (nSPS) is 12.3. The Labute approximate surface area is 174 Å². The molecule has 0 aliphatic carbocycles. The topological polar surface area (TPSA) is 9.23 Å². The first-order chi connectivity index (χ1) is 9.79. The summed E-state index contributed by atoms with van der Waals surface area (Å²) in [6, 6.07) is 7.96. The fourth-order valence-electron chi connectivity index (χ4n) is 1.73. The van der Waals surface area contributed by atoms with E-state index in [1.54, 1.807) is 0 Å². The van der Waals surface area contributed by atoms with E-state index in [9.17, 15) is 0 Å². The summed E-state index contributed by atoms with van der Waals surface area (Å²) in [5, 5.41) is 0. The molecule has 1 unspecified atom stereocenters. The van der Waals surface area contributed by atoms with Crippen molar-refractivity contribution in [3.63, 3.8) is 0 Å². The maximum Gasteiger partial charge on any atom is 0.148 e. The van der Waals surface area contributed by atoms with Crippen molar-refractivity contribution in [3.8, 4) is 5.75 Å². The van der Waals surface area contributed by atoms with Gasteiger partial charge in [-0.1, -0.05) is 31.9 Å². The average Bonchev–Trinajstić information content (AvgIpc) is 2.37. The van der Waals surface area contributed by atoms with E-state index >= 15 is 0 Å². The van der Waals surface area contributed by atoms with Gasteiger partial charge >= 0.3 is 0 Å². The van der Waals surface area contributed by atoms with Crippen LogP contribution in [0.1, 0.15) is 18.6 Å². The summed E-state index contributed by atoms with van der Waals surface area (Å²) in [5.74, 6) is 0.775. The smallest absolute Gasteiger partial charge is 0.148 e. The van der Waals surface area contributed by atoms with Crippen LogP contribution >= 0.6 is 95.6 Å². The van der Waals surface area contributed by atoms with Gasteiger partial charge in [0, 0.05) is 23.5 Å². The van der Waals surface area contributed by atoms with Crippen LogP contribution in [0, 0.1) is 0 Å². The fourth-order valence-corrected chi connectivity index (χ4v) is 5.85. The monoisotopic (exact) mass is 666 g/mol. The molecule has 0 N–H and O–H groups in total. The molecule has 21 heavy (non-hydrogen) atoms. The van der Waals surface area contributed by atoms with Crippen molar-refractivity contribution in [3.05, 3.63) is 56.7 Å². The molecule has 0 aromatic heterocycles. The number of halogens is 6. The summed E-state index contributed by atoms with van der Waals surface area (Å²) in [6.45, 7) is 2.02. The summed E-state index contributed by atoms with van der Waals surface area (Å²) in [6.07, 6.45) is -0.113. The second-order valence-corrected chi connectivity index (χ2v) is 9.43. The lowest BCUT2D eigenvalue weighted by Gasteiger charge is -2.19. The molecule has 2 aromatic carbocycles. The zero-order valence-electron chi connectivity index (χ0n) is 10.6. The lowest BCUT2D eigenvalue weighted by atomic mass is 10.1. The summed E-state index contributed by atoms with van der Waals surface area (Å²) >= 11 is 21.1. The molecule has 1 atom stereocenters. The molecular formula is C14H8Br6O. The first-order valence-corrected chi connectivity index (χ1v) is 10.5. The Morgan fingerprint density at radius 2 is 1.24 bits per heavy atom. The molecule has 112 valence electrons. The lowest BCUT2D eigenvalue weighted by Crippen LogP contribution is -2.05. The van der Waals surface area contributed by atoms with Gasteiger partial charge in [-0.25, -0.2) is 0 Å². The first kappa shape index (κ1) is 18.5. The van der Waals surface area contributed by atoms with E-state index in [1.807, 2.05) is 31.2 Å². The van der Waals surface area contributed by atoms with Gasteiger partial charge in [-0.2, -0.15) is 0 Å². The molecule has 0 aliphatic rings. The quantitative estimate of drug-likeness (QED) is 0.298. The molecule has 0 saturated carbocycles. The minimum absolute atomic E-state index is 0.113. The van der Waals surface area contributed by atoms with Crippen LogP contribution < -0.4 is 4.74 Å². The van der Waals surface area contributed by atoms with Gasteiger partial charge in [-0.15, -0.1) is 0 Å². The Kier molecular flexibility index (Phi) is 6.85. The van der Waals surface area contributed by atoms with Crippen molar-refractivity contribution in [1.82, 2.24) is 0 Å². The lowest BCUT2D eigenvalue weighted by molar-refractivity contribution is 0.223. The SMILES string of the molecule is CC(Oc1c(Br)cc(Br)cc1Br)c1cc(Br)c(Br)cc1Br. The molecule has 0 fully saturated rings. The second-order valence-electron chi connectivity index (χ2n) is 4.25. The van der Waals surface area contributed by atoms with Crippen LogP contribution in [0.2, 0.25) is 0 Å². The van der Waals surface area contributed by atoms with Crippen LogP contribution in [-0.2, 0) is 0 Å². The van der Waals surface area contributed by atoms with Crippen LogP contribution in [-0.4, -0.2) is 0 Å². The highest BCUT2D eigenvalue weighted by atomic mass is 79.9. The Morgan fingerprint density at radius 1 is 0.714 bits per heavy atom. The number of hydrogen-bond donors (Lipinski definition) is 0.